The average molecular weight is 403 g/mol. The molecule has 0 aliphatic carbocycles. The molecule has 2 N–H and O–H groups in total. The van der Waals surface area contributed by atoms with E-state index in [0.29, 0.717) is 27.8 Å². The lowest BCUT2D eigenvalue weighted by atomic mass is 10.0. The summed E-state index contributed by atoms with van der Waals surface area (Å²) in [5.74, 6) is -1.17. The van der Waals surface area contributed by atoms with E-state index in [-0.39, 0.29) is 0 Å². The summed E-state index contributed by atoms with van der Waals surface area (Å²) in [4.78, 5) is 26.4. The van der Waals surface area contributed by atoms with Crippen molar-refractivity contribution in [3.8, 4) is 11.3 Å². The largest absolute Gasteiger partial charge is 0.368 e. The zero-order valence-electron chi connectivity index (χ0n) is 16.1. The van der Waals surface area contributed by atoms with E-state index in [4.69, 9.17) is 10.3 Å². The van der Waals surface area contributed by atoms with Gasteiger partial charge in [0.1, 0.15) is 17.4 Å². The normalized spacial score (nSPS) is 11.9. The van der Waals surface area contributed by atoms with Crippen molar-refractivity contribution < 1.29 is 18.5 Å². The number of hydrogen-bond acceptors (Lipinski definition) is 4. The highest BCUT2D eigenvalue weighted by Crippen LogP contribution is 2.30. The fourth-order valence-electron chi connectivity index (χ4n) is 3.45. The highest BCUT2D eigenvalue weighted by Gasteiger charge is 2.28. The quantitative estimate of drug-likeness (QED) is 0.547. The number of nitrogens with zero attached hydrogens (tertiary/aromatic N) is 2. The Labute approximate surface area is 171 Å². The summed E-state index contributed by atoms with van der Waals surface area (Å²) in [6.45, 7) is 0. The number of likely N-dealkylation sites (N-methyl/N-ethyl adjacent to an activating group) is 1. The molecule has 0 bridgehead atoms. The van der Waals surface area contributed by atoms with E-state index in [1.807, 2.05) is 30.3 Å². The van der Waals surface area contributed by atoms with Gasteiger partial charge >= 0.3 is 0 Å². The third-order valence-corrected chi connectivity index (χ3v) is 4.90. The molecule has 0 aliphatic heterocycles. The average Bonchev–Trinajstić information content (AvgIpc) is 3.17. The van der Waals surface area contributed by atoms with Crippen LogP contribution in [0.25, 0.3) is 22.2 Å². The first-order valence-electron chi connectivity index (χ1n) is 9.22. The molecular weight excluding hydrogens is 385 g/mol. The van der Waals surface area contributed by atoms with Crippen molar-refractivity contribution in [2.45, 2.75) is 6.04 Å². The van der Waals surface area contributed by atoms with Crippen LogP contribution in [-0.4, -0.2) is 28.9 Å². The molecule has 1 unspecified atom stereocenters. The SMILES string of the molecule is CN(C(=O)c1ccc2noc(-c3ccccc3)c2c1)C(C(N)=O)c1cccc(F)c1. The van der Waals surface area contributed by atoms with Crippen molar-refractivity contribution in [2.24, 2.45) is 5.73 Å². The Hall–Kier alpha value is -4.00. The maximum atomic E-state index is 13.7. The molecule has 6 nitrogen and oxygen atoms in total. The molecule has 2 amide bonds. The molecule has 1 heterocycles. The van der Waals surface area contributed by atoms with Gasteiger partial charge in [-0.05, 0) is 35.9 Å². The number of amides is 2. The van der Waals surface area contributed by atoms with Gasteiger partial charge in [0.15, 0.2) is 5.76 Å². The van der Waals surface area contributed by atoms with Crippen molar-refractivity contribution in [1.29, 1.82) is 0 Å². The topological polar surface area (TPSA) is 89.4 Å². The maximum absolute atomic E-state index is 13.7. The lowest BCUT2D eigenvalue weighted by Gasteiger charge is -2.26. The second kappa shape index (κ2) is 7.79. The van der Waals surface area contributed by atoms with Gasteiger partial charge in [-0.2, -0.15) is 0 Å². The Bertz CT molecular complexity index is 1240. The maximum Gasteiger partial charge on any atom is 0.254 e. The minimum Gasteiger partial charge on any atom is -0.368 e. The summed E-state index contributed by atoms with van der Waals surface area (Å²) in [5.41, 5.74) is 7.58. The van der Waals surface area contributed by atoms with Crippen LogP contribution in [0.15, 0.2) is 77.3 Å². The summed E-state index contributed by atoms with van der Waals surface area (Å²) >= 11 is 0. The van der Waals surface area contributed by atoms with E-state index in [1.165, 1.54) is 30.1 Å². The standard InChI is InChI=1S/C23H18FN3O3/c1-27(20(22(25)28)15-8-5-9-17(24)12-15)23(29)16-10-11-19-18(13-16)21(30-26-19)14-6-3-2-4-7-14/h2-13,20H,1H3,(H2,25,28). The number of fused-ring (bicyclic) bond motifs is 1. The van der Waals surface area contributed by atoms with E-state index in [0.717, 1.165) is 5.56 Å². The Kier molecular flexibility index (Phi) is 5.02. The van der Waals surface area contributed by atoms with Crippen molar-refractivity contribution >= 4 is 22.7 Å². The van der Waals surface area contributed by atoms with Crippen LogP contribution in [0.1, 0.15) is 22.0 Å². The highest BCUT2D eigenvalue weighted by molar-refractivity contribution is 6.02. The number of primary amides is 1. The first kappa shape index (κ1) is 19.3. The number of hydrogen-bond donors (Lipinski definition) is 1. The predicted octanol–water partition coefficient (Wildman–Crippen LogP) is 3.93. The van der Waals surface area contributed by atoms with Crippen LogP contribution in [0.5, 0.6) is 0 Å². The number of halogens is 1. The predicted molar refractivity (Wildman–Crippen MR) is 110 cm³/mol. The van der Waals surface area contributed by atoms with Gasteiger partial charge in [0.25, 0.3) is 5.91 Å². The first-order valence-corrected chi connectivity index (χ1v) is 9.22. The zero-order valence-corrected chi connectivity index (χ0v) is 16.1. The summed E-state index contributed by atoms with van der Waals surface area (Å²) in [6.07, 6.45) is 0. The second-order valence-electron chi connectivity index (χ2n) is 6.89. The van der Waals surface area contributed by atoms with Crippen LogP contribution in [0.4, 0.5) is 4.39 Å². The molecule has 7 heteroatoms. The van der Waals surface area contributed by atoms with Crippen molar-refractivity contribution in [3.05, 3.63) is 89.7 Å². The summed E-state index contributed by atoms with van der Waals surface area (Å²) in [6, 6.07) is 18.7. The van der Waals surface area contributed by atoms with Crippen LogP contribution in [0.2, 0.25) is 0 Å². The van der Waals surface area contributed by atoms with Crippen LogP contribution >= 0.6 is 0 Å². The molecular formula is C23H18FN3O3. The van der Waals surface area contributed by atoms with Gasteiger partial charge in [-0.3, -0.25) is 9.59 Å². The van der Waals surface area contributed by atoms with E-state index in [2.05, 4.69) is 5.16 Å². The van der Waals surface area contributed by atoms with Gasteiger partial charge in [0.05, 0.1) is 5.39 Å². The molecule has 4 aromatic rings. The van der Waals surface area contributed by atoms with E-state index < -0.39 is 23.7 Å². The minimum absolute atomic E-state index is 0.300. The third kappa shape index (κ3) is 3.53. The molecule has 0 aliphatic rings. The monoisotopic (exact) mass is 403 g/mol. The van der Waals surface area contributed by atoms with Gasteiger partial charge < -0.3 is 15.2 Å². The summed E-state index contributed by atoms with van der Waals surface area (Å²) in [7, 11) is 1.46. The number of nitrogens with two attached hydrogens (primary N) is 1. The zero-order chi connectivity index (χ0) is 21.3. The lowest BCUT2D eigenvalue weighted by molar-refractivity contribution is -0.122. The molecule has 0 saturated carbocycles. The molecule has 0 radical (unpaired) electrons. The molecule has 0 spiro atoms. The third-order valence-electron chi connectivity index (χ3n) is 4.90. The summed E-state index contributed by atoms with van der Waals surface area (Å²) in [5, 5.41) is 4.71. The molecule has 1 atom stereocenters. The van der Waals surface area contributed by atoms with E-state index in [1.54, 1.807) is 24.3 Å². The Morgan fingerprint density at radius 2 is 1.80 bits per heavy atom. The molecule has 0 saturated heterocycles. The number of benzene rings is 3. The molecule has 4 rings (SSSR count). The molecule has 0 fully saturated rings. The summed E-state index contributed by atoms with van der Waals surface area (Å²) < 4.78 is 19.1. The highest BCUT2D eigenvalue weighted by atomic mass is 19.1. The molecule has 1 aromatic heterocycles. The second-order valence-corrected chi connectivity index (χ2v) is 6.89. The van der Waals surface area contributed by atoms with Gasteiger partial charge in [-0.25, -0.2) is 4.39 Å². The Morgan fingerprint density at radius 1 is 1.03 bits per heavy atom. The van der Waals surface area contributed by atoms with Crippen LogP contribution in [0.3, 0.4) is 0 Å². The van der Waals surface area contributed by atoms with Crippen molar-refractivity contribution in [2.75, 3.05) is 7.05 Å². The fraction of sp³-hybridized carbons (Fsp3) is 0.0870. The molecule has 150 valence electrons. The smallest absolute Gasteiger partial charge is 0.254 e. The van der Waals surface area contributed by atoms with Crippen LogP contribution in [-0.2, 0) is 4.79 Å². The van der Waals surface area contributed by atoms with Gasteiger partial charge in [-0.15, -0.1) is 0 Å². The lowest BCUT2D eigenvalue weighted by Crippen LogP contribution is -2.39. The van der Waals surface area contributed by atoms with E-state index in [9.17, 15) is 14.0 Å². The fourth-order valence-corrected chi connectivity index (χ4v) is 3.45. The number of rotatable bonds is 5. The van der Waals surface area contributed by atoms with Crippen LogP contribution in [0, 0.1) is 5.82 Å². The van der Waals surface area contributed by atoms with Gasteiger partial charge in [0, 0.05) is 18.2 Å². The van der Waals surface area contributed by atoms with E-state index >= 15 is 0 Å². The molecule has 3 aromatic carbocycles. The first-order chi connectivity index (χ1) is 14.5. The number of carbonyl (C=O) groups excluding carboxylic acids is 2. The van der Waals surface area contributed by atoms with Crippen LogP contribution < -0.4 is 5.73 Å². The number of aromatic nitrogens is 1. The Balaban J connectivity index is 1.72. The minimum atomic E-state index is -1.11. The van der Waals surface area contributed by atoms with Gasteiger partial charge in [0.2, 0.25) is 5.91 Å². The van der Waals surface area contributed by atoms with Crippen molar-refractivity contribution in [1.82, 2.24) is 10.1 Å². The Morgan fingerprint density at radius 3 is 2.50 bits per heavy atom. The van der Waals surface area contributed by atoms with Crippen molar-refractivity contribution in [3.63, 3.8) is 0 Å². The molecule has 30 heavy (non-hydrogen) atoms. The van der Waals surface area contributed by atoms with Gasteiger partial charge in [-0.1, -0.05) is 47.6 Å². The number of carbonyl (C=O) groups is 2.